The van der Waals surface area contributed by atoms with E-state index in [1.807, 2.05) is 0 Å². The van der Waals surface area contributed by atoms with Crippen molar-refractivity contribution in [2.75, 3.05) is 5.75 Å². The molecule has 1 aromatic heterocycles. The maximum absolute atomic E-state index is 11.9. The number of aromatic hydroxyl groups is 1. The van der Waals surface area contributed by atoms with Gasteiger partial charge in [-0.05, 0) is 25.0 Å². The number of phenols is 1. The fraction of sp³-hybridized carbons (Fsp3) is 0.417. The van der Waals surface area contributed by atoms with Crippen molar-refractivity contribution in [2.45, 2.75) is 24.6 Å². The number of phenolic OH excluding ortho intramolecular Hbond substituents is 1. The minimum atomic E-state index is -3.08. The number of nitrogens with zero attached hydrogens (tertiary/aromatic N) is 1. The van der Waals surface area contributed by atoms with Gasteiger partial charge in [-0.2, -0.15) is 0 Å². The predicted octanol–water partition coefficient (Wildman–Crippen LogP) is 0.612. The number of aromatic amines is 1. The van der Waals surface area contributed by atoms with Crippen molar-refractivity contribution in [1.82, 2.24) is 9.55 Å². The first kappa shape index (κ1) is 12.3. The molecule has 0 amide bonds. The molecule has 1 aliphatic rings. The summed E-state index contributed by atoms with van der Waals surface area (Å²) in [6.07, 6.45) is 1.25. The molecule has 7 heteroatoms. The molecule has 102 valence electrons. The molecular formula is C12H14N2O4S. The van der Waals surface area contributed by atoms with E-state index in [1.165, 1.54) is 16.7 Å². The monoisotopic (exact) mass is 282 g/mol. The summed E-state index contributed by atoms with van der Waals surface area (Å²) in [5.74, 6) is 0.268. The summed E-state index contributed by atoms with van der Waals surface area (Å²) < 4.78 is 25.1. The maximum atomic E-state index is 11.9. The summed E-state index contributed by atoms with van der Waals surface area (Å²) in [6.45, 7) is 0.173. The van der Waals surface area contributed by atoms with E-state index in [0.29, 0.717) is 23.9 Å². The molecule has 1 aliphatic heterocycles. The smallest absolute Gasteiger partial charge is 0.326 e. The van der Waals surface area contributed by atoms with E-state index in [9.17, 15) is 18.3 Å². The summed E-state index contributed by atoms with van der Waals surface area (Å²) in [6, 6.07) is 4.55. The molecule has 2 N–H and O–H groups in total. The van der Waals surface area contributed by atoms with Crippen LogP contribution >= 0.6 is 0 Å². The number of H-pyrrole nitrogens is 1. The van der Waals surface area contributed by atoms with Gasteiger partial charge in [-0.25, -0.2) is 13.2 Å². The molecule has 1 atom stereocenters. The molecular weight excluding hydrogens is 268 g/mol. The zero-order chi connectivity index (χ0) is 13.6. The van der Waals surface area contributed by atoms with Crippen LogP contribution in [0.2, 0.25) is 0 Å². The van der Waals surface area contributed by atoms with Crippen LogP contribution < -0.4 is 5.69 Å². The van der Waals surface area contributed by atoms with E-state index in [1.54, 1.807) is 6.07 Å². The van der Waals surface area contributed by atoms with E-state index in [4.69, 9.17) is 0 Å². The SMILES string of the molecule is O=c1[nH]c2cc(O)ccc2n1CC1CCCS1(=O)=O. The summed E-state index contributed by atoms with van der Waals surface area (Å²) in [5.41, 5.74) is 0.785. The Labute approximate surface area is 109 Å². The van der Waals surface area contributed by atoms with Crippen molar-refractivity contribution in [1.29, 1.82) is 0 Å². The highest BCUT2D eigenvalue weighted by Gasteiger charge is 2.32. The molecule has 1 aromatic carbocycles. The molecule has 1 fully saturated rings. The minimum Gasteiger partial charge on any atom is -0.508 e. The van der Waals surface area contributed by atoms with Crippen LogP contribution in [0.1, 0.15) is 12.8 Å². The van der Waals surface area contributed by atoms with E-state index in [0.717, 1.165) is 0 Å². The van der Waals surface area contributed by atoms with Crippen molar-refractivity contribution in [3.63, 3.8) is 0 Å². The lowest BCUT2D eigenvalue weighted by Gasteiger charge is -2.10. The minimum absolute atomic E-state index is 0.0642. The number of benzene rings is 1. The van der Waals surface area contributed by atoms with Crippen LogP contribution in [0.3, 0.4) is 0 Å². The first-order chi connectivity index (χ1) is 8.97. The lowest BCUT2D eigenvalue weighted by molar-refractivity contribution is 0.476. The molecule has 0 bridgehead atoms. The molecule has 0 spiro atoms. The second kappa shape index (κ2) is 4.12. The number of hydrogen-bond acceptors (Lipinski definition) is 4. The van der Waals surface area contributed by atoms with E-state index >= 15 is 0 Å². The lowest BCUT2D eigenvalue weighted by atomic mass is 10.2. The van der Waals surface area contributed by atoms with Gasteiger partial charge < -0.3 is 10.1 Å². The van der Waals surface area contributed by atoms with Gasteiger partial charge in [0.2, 0.25) is 0 Å². The van der Waals surface area contributed by atoms with Crippen LogP contribution in [0.25, 0.3) is 11.0 Å². The Balaban J connectivity index is 2.06. The average Bonchev–Trinajstić information content (AvgIpc) is 2.80. The Morgan fingerprint density at radius 1 is 1.42 bits per heavy atom. The fourth-order valence-electron chi connectivity index (χ4n) is 2.60. The quantitative estimate of drug-likeness (QED) is 0.844. The lowest BCUT2D eigenvalue weighted by Crippen LogP contribution is -2.27. The molecule has 3 rings (SSSR count). The molecule has 0 radical (unpaired) electrons. The van der Waals surface area contributed by atoms with Crippen molar-refractivity contribution in [2.24, 2.45) is 0 Å². The number of aromatic nitrogens is 2. The Bertz CT molecular complexity index is 788. The van der Waals surface area contributed by atoms with Gasteiger partial charge in [0.25, 0.3) is 0 Å². The highest BCUT2D eigenvalue weighted by Crippen LogP contribution is 2.23. The first-order valence-electron chi connectivity index (χ1n) is 6.10. The number of sulfone groups is 1. The molecule has 19 heavy (non-hydrogen) atoms. The number of fused-ring (bicyclic) bond motifs is 1. The van der Waals surface area contributed by atoms with Gasteiger partial charge in [0.05, 0.1) is 22.0 Å². The van der Waals surface area contributed by atoms with Gasteiger partial charge in [0.15, 0.2) is 9.84 Å². The predicted molar refractivity (Wildman–Crippen MR) is 71.0 cm³/mol. The number of rotatable bonds is 2. The second-order valence-corrected chi connectivity index (χ2v) is 7.27. The number of hydrogen-bond donors (Lipinski definition) is 2. The van der Waals surface area contributed by atoms with Gasteiger partial charge >= 0.3 is 5.69 Å². The standard InChI is InChI=1S/C12H14N2O4S/c15-8-3-4-11-10(6-8)13-12(16)14(11)7-9-2-1-5-19(9,17)18/h3-4,6,9,15H,1-2,5,7H2,(H,13,16). The van der Waals surface area contributed by atoms with E-state index in [-0.39, 0.29) is 23.7 Å². The third-order valence-corrected chi connectivity index (χ3v) is 5.86. The Morgan fingerprint density at radius 3 is 2.89 bits per heavy atom. The molecule has 2 heterocycles. The van der Waals surface area contributed by atoms with Gasteiger partial charge in [-0.3, -0.25) is 4.57 Å². The molecule has 0 aliphatic carbocycles. The average molecular weight is 282 g/mol. The zero-order valence-corrected chi connectivity index (χ0v) is 11.0. The highest BCUT2D eigenvalue weighted by molar-refractivity contribution is 7.92. The Morgan fingerprint density at radius 2 is 2.21 bits per heavy atom. The maximum Gasteiger partial charge on any atom is 0.326 e. The molecule has 0 saturated carbocycles. The van der Waals surface area contributed by atoms with E-state index in [2.05, 4.69) is 4.98 Å². The van der Waals surface area contributed by atoms with Crippen molar-refractivity contribution >= 4 is 20.9 Å². The molecule has 1 saturated heterocycles. The van der Waals surface area contributed by atoms with Crippen LogP contribution in [0, 0.1) is 0 Å². The van der Waals surface area contributed by atoms with E-state index < -0.39 is 15.1 Å². The van der Waals surface area contributed by atoms with Gasteiger partial charge in [-0.15, -0.1) is 0 Å². The number of imidazole rings is 1. The largest absolute Gasteiger partial charge is 0.508 e. The summed E-state index contributed by atoms with van der Waals surface area (Å²) in [4.78, 5) is 14.5. The van der Waals surface area contributed by atoms with Crippen LogP contribution in [0.15, 0.2) is 23.0 Å². The molecule has 2 aromatic rings. The topological polar surface area (TPSA) is 92.2 Å². The molecule has 1 unspecified atom stereocenters. The van der Waals surface area contributed by atoms with Crippen molar-refractivity contribution in [3.05, 3.63) is 28.7 Å². The normalized spacial score (nSPS) is 22.0. The summed E-state index contributed by atoms with van der Waals surface area (Å²) >= 11 is 0. The van der Waals surface area contributed by atoms with Gasteiger partial charge in [-0.1, -0.05) is 0 Å². The van der Waals surface area contributed by atoms with Gasteiger partial charge in [0.1, 0.15) is 5.75 Å². The Kier molecular flexibility index (Phi) is 2.67. The summed E-state index contributed by atoms with van der Waals surface area (Å²) in [5, 5.41) is 8.88. The number of nitrogens with one attached hydrogen (secondary N) is 1. The zero-order valence-electron chi connectivity index (χ0n) is 10.2. The van der Waals surface area contributed by atoms with Crippen molar-refractivity contribution < 1.29 is 13.5 Å². The second-order valence-electron chi connectivity index (χ2n) is 4.87. The summed E-state index contributed by atoms with van der Waals surface area (Å²) in [7, 11) is -3.08. The third kappa shape index (κ3) is 2.03. The van der Waals surface area contributed by atoms with Gasteiger partial charge in [0, 0.05) is 12.6 Å². The van der Waals surface area contributed by atoms with Crippen LogP contribution in [-0.2, 0) is 16.4 Å². The fourth-order valence-corrected chi connectivity index (χ4v) is 4.40. The molecule has 6 nitrogen and oxygen atoms in total. The van der Waals surface area contributed by atoms with Crippen molar-refractivity contribution in [3.8, 4) is 5.75 Å². The van der Waals surface area contributed by atoms with Crippen LogP contribution in [0.5, 0.6) is 5.75 Å². The van der Waals surface area contributed by atoms with Crippen LogP contribution in [-0.4, -0.2) is 34.1 Å². The first-order valence-corrected chi connectivity index (χ1v) is 7.82. The highest BCUT2D eigenvalue weighted by atomic mass is 32.2. The third-order valence-electron chi connectivity index (χ3n) is 3.61. The van der Waals surface area contributed by atoms with Crippen LogP contribution in [0.4, 0.5) is 0 Å². The Hall–Kier alpha value is -1.76.